The zero-order chi connectivity index (χ0) is 7.49. The first-order valence-electron chi connectivity index (χ1n) is 2.97. The predicted molar refractivity (Wildman–Crippen MR) is 42.3 cm³/mol. The first kappa shape index (κ1) is 9.48. The Morgan fingerprint density at radius 3 is 2.11 bits per heavy atom. The SMILES string of the molecule is CCCP(=O)(Cl)N(C)C. The molecule has 2 nitrogen and oxygen atoms in total. The van der Waals surface area contributed by atoms with Crippen LogP contribution in [-0.4, -0.2) is 24.9 Å². The average molecular weight is 170 g/mol. The van der Waals surface area contributed by atoms with Crippen molar-refractivity contribution in [1.29, 1.82) is 0 Å². The van der Waals surface area contributed by atoms with Gasteiger partial charge in [0.2, 0.25) is 6.65 Å². The molecule has 0 fully saturated rings. The van der Waals surface area contributed by atoms with Crippen molar-refractivity contribution >= 4 is 17.9 Å². The van der Waals surface area contributed by atoms with Crippen LogP contribution in [0.25, 0.3) is 0 Å². The van der Waals surface area contributed by atoms with E-state index >= 15 is 0 Å². The van der Waals surface area contributed by atoms with Crippen molar-refractivity contribution in [2.75, 3.05) is 20.3 Å². The van der Waals surface area contributed by atoms with Crippen LogP contribution in [0.1, 0.15) is 13.3 Å². The molecule has 1 unspecified atom stereocenters. The second-order valence-electron chi connectivity index (χ2n) is 2.19. The smallest absolute Gasteiger partial charge is 0.234 e. The zero-order valence-corrected chi connectivity index (χ0v) is 7.75. The minimum Gasteiger partial charge on any atom is -0.289 e. The van der Waals surface area contributed by atoms with Crippen LogP contribution < -0.4 is 0 Å². The highest BCUT2D eigenvalue weighted by molar-refractivity contribution is 7.87. The maximum atomic E-state index is 11.2. The van der Waals surface area contributed by atoms with Gasteiger partial charge in [0.25, 0.3) is 0 Å². The number of rotatable bonds is 3. The molecule has 0 radical (unpaired) electrons. The van der Waals surface area contributed by atoms with Crippen molar-refractivity contribution in [2.24, 2.45) is 0 Å². The van der Waals surface area contributed by atoms with Crippen molar-refractivity contribution in [2.45, 2.75) is 13.3 Å². The van der Waals surface area contributed by atoms with E-state index in [0.29, 0.717) is 6.16 Å². The molecule has 0 aromatic rings. The van der Waals surface area contributed by atoms with E-state index in [2.05, 4.69) is 0 Å². The van der Waals surface area contributed by atoms with E-state index in [0.717, 1.165) is 6.42 Å². The monoisotopic (exact) mass is 169 g/mol. The summed E-state index contributed by atoms with van der Waals surface area (Å²) in [7, 11) is 3.48. The molecule has 56 valence electrons. The van der Waals surface area contributed by atoms with E-state index < -0.39 is 6.65 Å². The Morgan fingerprint density at radius 2 is 2.00 bits per heavy atom. The molecule has 0 aliphatic heterocycles. The summed E-state index contributed by atoms with van der Waals surface area (Å²) in [6.07, 6.45) is 1.47. The van der Waals surface area contributed by atoms with E-state index in [-0.39, 0.29) is 0 Å². The van der Waals surface area contributed by atoms with Gasteiger partial charge in [0.05, 0.1) is 0 Å². The molecule has 0 rings (SSSR count). The fraction of sp³-hybridized carbons (Fsp3) is 1.00. The van der Waals surface area contributed by atoms with Gasteiger partial charge >= 0.3 is 0 Å². The lowest BCUT2D eigenvalue weighted by Gasteiger charge is -2.16. The summed E-state index contributed by atoms with van der Waals surface area (Å²) in [5.74, 6) is 0. The van der Waals surface area contributed by atoms with Crippen molar-refractivity contribution in [3.63, 3.8) is 0 Å². The highest BCUT2D eigenvalue weighted by Crippen LogP contribution is 2.53. The van der Waals surface area contributed by atoms with Crippen LogP contribution in [0.3, 0.4) is 0 Å². The van der Waals surface area contributed by atoms with Gasteiger partial charge in [0, 0.05) is 6.16 Å². The molecule has 0 saturated heterocycles. The number of nitrogens with zero attached hydrogens (tertiary/aromatic N) is 1. The number of hydrogen-bond donors (Lipinski definition) is 0. The van der Waals surface area contributed by atoms with Gasteiger partial charge in [-0.1, -0.05) is 6.92 Å². The fourth-order valence-corrected chi connectivity index (χ4v) is 1.93. The summed E-state index contributed by atoms with van der Waals surface area (Å²) in [4.78, 5) is 0. The van der Waals surface area contributed by atoms with Gasteiger partial charge in [-0.05, 0) is 31.8 Å². The molecule has 0 heterocycles. The van der Waals surface area contributed by atoms with E-state index in [4.69, 9.17) is 11.2 Å². The molecular weight excluding hydrogens is 156 g/mol. The van der Waals surface area contributed by atoms with Crippen molar-refractivity contribution in [3.05, 3.63) is 0 Å². The molecule has 0 aliphatic carbocycles. The van der Waals surface area contributed by atoms with Gasteiger partial charge in [-0.3, -0.25) is 4.57 Å². The summed E-state index contributed by atoms with van der Waals surface area (Å²) < 4.78 is 12.8. The van der Waals surface area contributed by atoms with Crippen LogP contribution in [0.15, 0.2) is 0 Å². The molecule has 0 aromatic carbocycles. The average Bonchev–Trinajstić information content (AvgIpc) is 1.65. The lowest BCUT2D eigenvalue weighted by Crippen LogP contribution is -2.06. The second-order valence-corrected chi connectivity index (χ2v) is 6.25. The third kappa shape index (κ3) is 3.24. The zero-order valence-electron chi connectivity index (χ0n) is 6.09. The Balaban J connectivity index is 3.87. The van der Waals surface area contributed by atoms with Gasteiger partial charge < -0.3 is 0 Å². The van der Waals surface area contributed by atoms with Crippen LogP contribution in [-0.2, 0) is 4.57 Å². The Labute approximate surface area is 61.4 Å². The minimum absolute atomic E-state index is 0.599. The Morgan fingerprint density at radius 1 is 1.56 bits per heavy atom. The summed E-state index contributed by atoms with van der Waals surface area (Å²) in [5, 5.41) is 0. The third-order valence-electron chi connectivity index (χ3n) is 1.10. The highest BCUT2D eigenvalue weighted by atomic mass is 35.7. The van der Waals surface area contributed by atoms with E-state index in [9.17, 15) is 4.57 Å². The van der Waals surface area contributed by atoms with E-state index in [1.54, 1.807) is 18.8 Å². The third-order valence-corrected chi connectivity index (χ3v) is 4.70. The van der Waals surface area contributed by atoms with Crippen LogP contribution in [0.4, 0.5) is 0 Å². The predicted octanol–water partition coefficient (Wildman–Crippen LogP) is 2.39. The minimum atomic E-state index is -2.46. The molecule has 9 heavy (non-hydrogen) atoms. The molecule has 0 N–H and O–H groups in total. The number of hydrogen-bond acceptors (Lipinski definition) is 1. The van der Waals surface area contributed by atoms with E-state index in [1.165, 1.54) is 0 Å². The van der Waals surface area contributed by atoms with Crippen molar-refractivity contribution < 1.29 is 4.57 Å². The molecule has 4 heteroatoms. The van der Waals surface area contributed by atoms with Gasteiger partial charge in [-0.25, -0.2) is 4.67 Å². The van der Waals surface area contributed by atoms with Gasteiger partial charge in [-0.15, -0.1) is 0 Å². The highest BCUT2D eigenvalue weighted by Gasteiger charge is 2.18. The molecule has 0 aromatic heterocycles. The van der Waals surface area contributed by atoms with E-state index in [1.807, 2.05) is 6.92 Å². The lowest BCUT2D eigenvalue weighted by atomic mass is 10.6. The topological polar surface area (TPSA) is 20.3 Å². The Bertz CT molecular complexity index is 126. The van der Waals surface area contributed by atoms with Gasteiger partial charge in [-0.2, -0.15) is 0 Å². The van der Waals surface area contributed by atoms with Crippen molar-refractivity contribution in [3.8, 4) is 0 Å². The van der Waals surface area contributed by atoms with Crippen molar-refractivity contribution in [1.82, 2.24) is 4.67 Å². The molecule has 0 saturated carbocycles. The first-order chi connectivity index (χ1) is 4.00. The molecule has 0 aliphatic rings. The van der Waals surface area contributed by atoms with Gasteiger partial charge in [0.15, 0.2) is 0 Å². The molecule has 0 amide bonds. The largest absolute Gasteiger partial charge is 0.289 e. The van der Waals surface area contributed by atoms with Crippen LogP contribution in [0.5, 0.6) is 0 Å². The van der Waals surface area contributed by atoms with Crippen LogP contribution >= 0.6 is 17.9 Å². The fourth-order valence-electron chi connectivity index (χ4n) is 0.476. The second kappa shape index (κ2) is 3.60. The molecular formula is C5H13ClNOP. The summed E-state index contributed by atoms with van der Waals surface area (Å²) in [5.41, 5.74) is 0. The molecule has 1 atom stereocenters. The first-order valence-corrected chi connectivity index (χ1v) is 5.72. The number of halogens is 1. The lowest BCUT2D eigenvalue weighted by molar-refractivity contribution is 0.528. The summed E-state index contributed by atoms with van der Waals surface area (Å²) in [6.45, 7) is -0.488. The molecule has 0 spiro atoms. The van der Waals surface area contributed by atoms with Gasteiger partial charge in [0.1, 0.15) is 0 Å². The Kier molecular flexibility index (Phi) is 3.79. The quantitative estimate of drug-likeness (QED) is 0.605. The van der Waals surface area contributed by atoms with Crippen LogP contribution in [0, 0.1) is 0 Å². The summed E-state index contributed by atoms with van der Waals surface area (Å²) in [6, 6.07) is 0. The maximum Gasteiger partial charge on any atom is 0.234 e. The Hall–Kier alpha value is 0.480. The standard InChI is InChI=1S/C5H13ClNOP/c1-4-5-9(6,8)7(2)3/h4-5H2,1-3H3. The summed E-state index contributed by atoms with van der Waals surface area (Å²) >= 11 is 5.65. The van der Waals surface area contributed by atoms with Crippen LogP contribution in [0.2, 0.25) is 0 Å². The maximum absolute atomic E-state index is 11.2. The molecule has 0 bridgehead atoms. The normalized spacial score (nSPS) is 17.9.